The molecule has 0 fully saturated rings. The summed E-state index contributed by atoms with van der Waals surface area (Å²) in [6, 6.07) is 25.6. The molecule has 31 heavy (non-hydrogen) atoms. The highest BCUT2D eigenvalue weighted by Crippen LogP contribution is 2.25. The van der Waals surface area contributed by atoms with Crippen LogP contribution in [0.25, 0.3) is 5.69 Å². The summed E-state index contributed by atoms with van der Waals surface area (Å²) in [6.07, 6.45) is 0. The molecule has 0 spiro atoms. The highest BCUT2D eigenvalue weighted by Gasteiger charge is 2.17. The molecule has 0 saturated heterocycles. The largest absolute Gasteiger partial charge is 0.377 e. The molecule has 5 nitrogen and oxygen atoms in total. The first-order valence-corrected chi connectivity index (χ1v) is 11.1. The monoisotopic (exact) mass is 428 g/mol. The zero-order chi connectivity index (χ0) is 21.6. The molecule has 4 aromatic rings. The number of Topliss-reactive ketones (excluding diaryl/α,β-unsaturated/α-hetero) is 1. The van der Waals surface area contributed by atoms with Crippen LogP contribution in [0.3, 0.4) is 0 Å². The molecule has 1 N–H and O–H groups in total. The van der Waals surface area contributed by atoms with Crippen LogP contribution in [0.15, 0.2) is 84.0 Å². The normalized spacial score (nSPS) is 10.8. The second kappa shape index (κ2) is 9.62. The van der Waals surface area contributed by atoms with E-state index in [2.05, 4.69) is 47.6 Å². The standard InChI is InChI=1S/C25H24N4OS/c1-18-10-9-11-19(2)24(18)26-16-23-27-28-25(29(23)21-14-7-4-8-15-21)31-17-22(30)20-12-5-3-6-13-20/h3-15,26H,16-17H2,1-2H3. The van der Waals surface area contributed by atoms with Crippen LogP contribution in [0.2, 0.25) is 0 Å². The van der Waals surface area contributed by atoms with E-state index in [1.165, 1.54) is 22.9 Å². The summed E-state index contributed by atoms with van der Waals surface area (Å²) in [4.78, 5) is 12.6. The van der Waals surface area contributed by atoms with Crippen molar-refractivity contribution < 1.29 is 4.79 Å². The number of carbonyl (C=O) groups excluding carboxylic acids is 1. The Morgan fingerprint density at radius 1 is 0.871 bits per heavy atom. The average molecular weight is 429 g/mol. The second-order valence-electron chi connectivity index (χ2n) is 7.27. The molecule has 0 unspecified atom stereocenters. The van der Waals surface area contributed by atoms with Crippen LogP contribution >= 0.6 is 11.8 Å². The smallest absolute Gasteiger partial charge is 0.196 e. The van der Waals surface area contributed by atoms with E-state index >= 15 is 0 Å². The molecule has 156 valence electrons. The van der Waals surface area contributed by atoms with Gasteiger partial charge in [-0.15, -0.1) is 10.2 Å². The molecule has 0 aliphatic rings. The number of hydrogen-bond acceptors (Lipinski definition) is 5. The lowest BCUT2D eigenvalue weighted by Gasteiger charge is -2.14. The number of benzene rings is 3. The topological polar surface area (TPSA) is 59.8 Å². The van der Waals surface area contributed by atoms with Crippen molar-refractivity contribution in [3.05, 3.63) is 101 Å². The Hall–Kier alpha value is -3.38. The van der Waals surface area contributed by atoms with Crippen LogP contribution in [0.1, 0.15) is 27.3 Å². The predicted molar refractivity (Wildman–Crippen MR) is 126 cm³/mol. The zero-order valence-electron chi connectivity index (χ0n) is 17.6. The molecule has 0 atom stereocenters. The number of nitrogens with zero attached hydrogens (tertiary/aromatic N) is 3. The number of nitrogens with one attached hydrogen (secondary N) is 1. The number of thioether (sulfide) groups is 1. The summed E-state index contributed by atoms with van der Waals surface area (Å²) in [5.74, 6) is 1.17. The van der Waals surface area contributed by atoms with E-state index in [1.54, 1.807) is 0 Å². The number of aryl methyl sites for hydroxylation is 2. The summed E-state index contributed by atoms with van der Waals surface area (Å²) in [5, 5.41) is 13.0. The fourth-order valence-electron chi connectivity index (χ4n) is 3.44. The van der Waals surface area contributed by atoms with E-state index in [0.717, 1.165) is 17.2 Å². The van der Waals surface area contributed by atoms with Gasteiger partial charge in [-0.25, -0.2) is 0 Å². The Labute approximate surface area is 186 Å². The van der Waals surface area contributed by atoms with Gasteiger partial charge < -0.3 is 5.32 Å². The SMILES string of the molecule is Cc1cccc(C)c1NCc1nnc(SCC(=O)c2ccccc2)n1-c1ccccc1. The molecular formula is C25H24N4OS. The first kappa shape index (κ1) is 20.9. The number of ketones is 1. The van der Waals surface area contributed by atoms with Gasteiger partial charge in [0.25, 0.3) is 0 Å². The Balaban J connectivity index is 1.58. The van der Waals surface area contributed by atoms with Gasteiger partial charge in [0.1, 0.15) is 0 Å². The number of hydrogen-bond donors (Lipinski definition) is 1. The molecule has 0 aliphatic carbocycles. The van der Waals surface area contributed by atoms with Crippen LogP contribution in [0.4, 0.5) is 5.69 Å². The van der Waals surface area contributed by atoms with Crippen molar-refractivity contribution >= 4 is 23.2 Å². The van der Waals surface area contributed by atoms with Crippen molar-refractivity contribution in [1.29, 1.82) is 0 Å². The van der Waals surface area contributed by atoms with E-state index in [4.69, 9.17) is 0 Å². The minimum Gasteiger partial charge on any atom is -0.377 e. The van der Waals surface area contributed by atoms with Gasteiger partial charge in [-0.1, -0.05) is 78.5 Å². The zero-order valence-corrected chi connectivity index (χ0v) is 18.4. The lowest BCUT2D eigenvalue weighted by Crippen LogP contribution is -2.10. The molecule has 0 saturated carbocycles. The van der Waals surface area contributed by atoms with Crippen molar-refractivity contribution in [1.82, 2.24) is 14.8 Å². The molecule has 0 radical (unpaired) electrons. The quantitative estimate of drug-likeness (QED) is 0.298. The molecule has 1 heterocycles. The molecule has 0 bridgehead atoms. The Bertz CT molecular complexity index is 1150. The van der Waals surface area contributed by atoms with Crippen molar-refractivity contribution in [2.45, 2.75) is 25.5 Å². The summed E-state index contributed by atoms with van der Waals surface area (Å²) in [7, 11) is 0. The third-order valence-electron chi connectivity index (χ3n) is 5.05. The van der Waals surface area contributed by atoms with Crippen LogP contribution in [-0.2, 0) is 6.54 Å². The summed E-state index contributed by atoms with van der Waals surface area (Å²) < 4.78 is 2.02. The molecule has 0 amide bonds. The maximum Gasteiger partial charge on any atom is 0.196 e. The molecule has 0 aliphatic heterocycles. The van der Waals surface area contributed by atoms with E-state index in [1.807, 2.05) is 65.2 Å². The van der Waals surface area contributed by atoms with E-state index in [9.17, 15) is 4.79 Å². The van der Waals surface area contributed by atoms with Gasteiger partial charge >= 0.3 is 0 Å². The van der Waals surface area contributed by atoms with Crippen molar-refractivity contribution in [2.75, 3.05) is 11.1 Å². The summed E-state index contributed by atoms with van der Waals surface area (Å²) in [6.45, 7) is 4.71. The number of anilines is 1. The molecular weight excluding hydrogens is 404 g/mol. The van der Waals surface area contributed by atoms with Crippen LogP contribution in [-0.4, -0.2) is 26.3 Å². The second-order valence-corrected chi connectivity index (χ2v) is 8.21. The minimum absolute atomic E-state index is 0.0726. The molecule has 4 rings (SSSR count). The average Bonchev–Trinajstić information content (AvgIpc) is 3.21. The first-order chi connectivity index (χ1) is 15.1. The van der Waals surface area contributed by atoms with Crippen molar-refractivity contribution in [2.24, 2.45) is 0 Å². The third kappa shape index (κ3) is 4.86. The highest BCUT2D eigenvalue weighted by atomic mass is 32.2. The van der Waals surface area contributed by atoms with Crippen LogP contribution in [0, 0.1) is 13.8 Å². The first-order valence-electron chi connectivity index (χ1n) is 10.1. The Kier molecular flexibility index (Phi) is 6.48. The fraction of sp³-hybridized carbons (Fsp3) is 0.160. The fourth-order valence-corrected chi connectivity index (χ4v) is 4.31. The maximum atomic E-state index is 12.6. The highest BCUT2D eigenvalue weighted by molar-refractivity contribution is 7.99. The maximum absolute atomic E-state index is 12.6. The van der Waals surface area contributed by atoms with Gasteiger partial charge in [-0.05, 0) is 37.1 Å². The van der Waals surface area contributed by atoms with E-state index in [0.29, 0.717) is 23.0 Å². The van der Waals surface area contributed by atoms with Gasteiger partial charge in [0.15, 0.2) is 16.8 Å². The van der Waals surface area contributed by atoms with Crippen LogP contribution in [0.5, 0.6) is 0 Å². The number of carbonyl (C=O) groups is 1. The molecule has 3 aromatic carbocycles. The van der Waals surface area contributed by atoms with Crippen LogP contribution < -0.4 is 5.32 Å². The van der Waals surface area contributed by atoms with Gasteiger partial charge in [0.2, 0.25) is 0 Å². The lowest BCUT2D eigenvalue weighted by molar-refractivity contribution is 0.102. The summed E-state index contributed by atoms with van der Waals surface area (Å²) >= 11 is 1.41. The predicted octanol–water partition coefficient (Wildman–Crippen LogP) is 5.47. The van der Waals surface area contributed by atoms with Crippen molar-refractivity contribution in [3.63, 3.8) is 0 Å². The Morgan fingerprint density at radius 2 is 1.52 bits per heavy atom. The number of rotatable bonds is 8. The Morgan fingerprint density at radius 3 is 2.19 bits per heavy atom. The summed E-state index contributed by atoms with van der Waals surface area (Å²) in [5.41, 5.74) is 5.17. The number of aromatic nitrogens is 3. The van der Waals surface area contributed by atoms with Gasteiger partial charge in [-0.2, -0.15) is 0 Å². The van der Waals surface area contributed by atoms with Gasteiger partial charge in [0.05, 0.1) is 12.3 Å². The van der Waals surface area contributed by atoms with E-state index < -0.39 is 0 Å². The molecule has 6 heteroatoms. The number of para-hydroxylation sites is 2. The third-order valence-corrected chi connectivity index (χ3v) is 5.98. The lowest BCUT2D eigenvalue weighted by atomic mass is 10.1. The van der Waals surface area contributed by atoms with Gasteiger partial charge in [-0.3, -0.25) is 9.36 Å². The minimum atomic E-state index is 0.0726. The van der Waals surface area contributed by atoms with E-state index in [-0.39, 0.29) is 5.78 Å². The van der Waals surface area contributed by atoms with Gasteiger partial charge in [0, 0.05) is 16.9 Å². The molecule has 1 aromatic heterocycles. The van der Waals surface area contributed by atoms with Crippen molar-refractivity contribution in [3.8, 4) is 5.69 Å².